The van der Waals surface area contributed by atoms with Gasteiger partial charge in [-0.1, -0.05) is 0 Å². The van der Waals surface area contributed by atoms with Gasteiger partial charge in [0.05, 0.1) is 11.6 Å². The van der Waals surface area contributed by atoms with Crippen LogP contribution in [0.3, 0.4) is 0 Å². The predicted octanol–water partition coefficient (Wildman–Crippen LogP) is 2.23. The van der Waals surface area contributed by atoms with Crippen molar-refractivity contribution in [2.45, 2.75) is 25.0 Å². The van der Waals surface area contributed by atoms with E-state index >= 15 is 0 Å². The number of rotatable bonds is 3. The molecule has 1 saturated heterocycles. The van der Waals surface area contributed by atoms with Crippen molar-refractivity contribution < 1.29 is 9.53 Å². The highest BCUT2D eigenvalue weighted by atomic mass is 79.9. The molecule has 6 nitrogen and oxygen atoms in total. The number of nitrogens with one attached hydrogen (secondary N) is 1. The molecule has 0 bridgehead atoms. The van der Waals surface area contributed by atoms with Crippen LogP contribution in [0.25, 0.3) is 0 Å². The lowest BCUT2D eigenvalue weighted by molar-refractivity contribution is -0.0159. The molecule has 2 aromatic rings. The third kappa shape index (κ3) is 3.05. The summed E-state index contributed by atoms with van der Waals surface area (Å²) in [4.78, 5) is 20.8. The van der Waals surface area contributed by atoms with Crippen LogP contribution in [0.2, 0.25) is 0 Å². The maximum absolute atomic E-state index is 12.5. The third-order valence-corrected chi connectivity index (χ3v) is 4.40. The summed E-state index contributed by atoms with van der Waals surface area (Å²) in [5.74, 6) is 0.697. The number of hydrogen-bond donors (Lipinski definition) is 1. The van der Waals surface area contributed by atoms with Crippen LogP contribution in [0, 0.1) is 0 Å². The molecule has 0 unspecified atom stereocenters. The van der Waals surface area contributed by atoms with Crippen LogP contribution in [0.5, 0.6) is 0 Å². The van der Waals surface area contributed by atoms with Gasteiger partial charge in [-0.2, -0.15) is 0 Å². The first-order valence-corrected chi connectivity index (χ1v) is 7.95. The van der Waals surface area contributed by atoms with Crippen molar-refractivity contribution in [1.29, 1.82) is 0 Å². The number of aromatic nitrogens is 3. The number of ether oxygens (including phenoxy) is 1. The minimum atomic E-state index is -0.224. The van der Waals surface area contributed by atoms with Gasteiger partial charge in [0.25, 0.3) is 5.91 Å². The first-order chi connectivity index (χ1) is 10.7. The zero-order chi connectivity index (χ0) is 15.5. The average Bonchev–Trinajstić information content (AvgIpc) is 2.94. The van der Waals surface area contributed by atoms with E-state index in [2.05, 4.69) is 31.2 Å². The van der Waals surface area contributed by atoms with Gasteiger partial charge in [0, 0.05) is 42.9 Å². The first-order valence-electron chi connectivity index (χ1n) is 7.16. The van der Waals surface area contributed by atoms with Crippen LogP contribution in [0.1, 0.15) is 35.1 Å². The molecule has 1 fully saturated rings. The number of amides is 1. The molecule has 22 heavy (non-hydrogen) atoms. The van der Waals surface area contributed by atoms with Gasteiger partial charge in [0.15, 0.2) is 0 Å². The summed E-state index contributed by atoms with van der Waals surface area (Å²) in [5, 5.41) is 3.07. The first kappa shape index (κ1) is 15.2. The summed E-state index contributed by atoms with van der Waals surface area (Å²) in [6.07, 6.45) is 8.40. The predicted molar refractivity (Wildman–Crippen MR) is 84.3 cm³/mol. The number of pyridine rings is 1. The Hall–Kier alpha value is -1.73. The molecule has 3 heterocycles. The van der Waals surface area contributed by atoms with E-state index in [0.29, 0.717) is 16.6 Å². The Morgan fingerprint density at radius 1 is 1.50 bits per heavy atom. The number of halogens is 1. The normalized spacial score (nSPS) is 21.5. The monoisotopic (exact) mass is 364 g/mol. The zero-order valence-corrected chi connectivity index (χ0v) is 13.8. The van der Waals surface area contributed by atoms with Crippen molar-refractivity contribution in [2.24, 2.45) is 7.05 Å². The molecule has 0 spiro atoms. The van der Waals surface area contributed by atoms with Crippen molar-refractivity contribution in [3.63, 3.8) is 0 Å². The maximum atomic E-state index is 12.5. The highest BCUT2D eigenvalue weighted by Crippen LogP contribution is 2.27. The summed E-state index contributed by atoms with van der Waals surface area (Å²) >= 11 is 3.36. The Bertz CT molecular complexity index is 673. The fraction of sp³-hybridized carbons (Fsp3) is 0.400. The second-order valence-corrected chi connectivity index (χ2v) is 6.12. The lowest BCUT2D eigenvalue weighted by atomic mass is 10.0. The lowest BCUT2D eigenvalue weighted by Gasteiger charge is -2.32. The second kappa shape index (κ2) is 6.58. The van der Waals surface area contributed by atoms with E-state index in [1.807, 2.05) is 17.8 Å². The Morgan fingerprint density at radius 3 is 3.09 bits per heavy atom. The Balaban J connectivity index is 1.79. The molecule has 0 aliphatic carbocycles. The lowest BCUT2D eigenvalue weighted by Crippen LogP contribution is -2.43. The molecule has 3 rings (SSSR count). The highest BCUT2D eigenvalue weighted by molar-refractivity contribution is 9.10. The van der Waals surface area contributed by atoms with Crippen LogP contribution >= 0.6 is 15.9 Å². The van der Waals surface area contributed by atoms with Gasteiger partial charge in [-0.05, 0) is 34.8 Å². The van der Waals surface area contributed by atoms with Gasteiger partial charge in [0.2, 0.25) is 0 Å². The summed E-state index contributed by atoms with van der Waals surface area (Å²) < 4.78 is 8.47. The standard InChI is InChI=1S/C15H17BrN4O2/c1-20-7-6-18-14(20)13-12(3-2-8-22-13)19-15(21)10-4-5-17-9-11(10)16/h4-7,9,12-13H,2-3,8H2,1H3,(H,19,21)/t12-,13-/m0/s1. The SMILES string of the molecule is Cn1ccnc1[C@H]1OCCC[C@@H]1NC(=O)c1ccncc1Br. The molecule has 7 heteroatoms. The highest BCUT2D eigenvalue weighted by Gasteiger charge is 2.31. The summed E-state index contributed by atoms with van der Waals surface area (Å²) in [6.45, 7) is 0.683. The number of nitrogens with zero attached hydrogens (tertiary/aromatic N) is 3. The van der Waals surface area contributed by atoms with E-state index in [1.165, 1.54) is 0 Å². The smallest absolute Gasteiger partial charge is 0.252 e. The second-order valence-electron chi connectivity index (χ2n) is 5.27. The molecule has 1 amide bonds. The van der Waals surface area contributed by atoms with Crippen molar-refractivity contribution in [2.75, 3.05) is 6.61 Å². The topological polar surface area (TPSA) is 69.0 Å². The van der Waals surface area contributed by atoms with Gasteiger partial charge < -0.3 is 14.6 Å². The van der Waals surface area contributed by atoms with Gasteiger partial charge in [-0.25, -0.2) is 4.98 Å². The van der Waals surface area contributed by atoms with Gasteiger partial charge in [0.1, 0.15) is 11.9 Å². The van der Waals surface area contributed by atoms with Crippen LogP contribution < -0.4 is 5.32 Å². The van der Waals surface area contributed by atoms with Crippen molar-refractivity contribution >= 4 is 21.8 Å². The van der Waals surface area contributed by atoms with E-state index < -0.39 is 0 Å². The van der Waals surface area contributed by atoms with Crippen LogP contribution in [-0.4, -0.2) is 33.1 Å². The molecular formula is C15H17BrN4O2. The average molecular weight is 365 g/mol. The molecule has 1 aliphatic heterocycles. The largest absolute Gasteiger partial charge is 0.368 e. The van der Waals surface area contributed by atoms with Gasteiger partial charge in [-0.3, -0.25) is 9.78 Å². The molecular weight excluding hydrogens is 348 g/mol. The van der Waals surface area contributed by atoms with Gasteiger partial charge in [-0.15, -0.1) is 0 Å². The Labute approximate surface area is 137 Å². The Morgan fingerprint density at radius 2 is 2.36 bits per heavy atom. The van der Waals surface area contributed by atoms with Crippen molar-refractivity contribution in [3.8, 4) is 0 Å². The minimum absolute atomic E-state index is 0.0950. The number of aryl methyl sites for hydroxylation is 1. The summed E-state index contributed by atoms with van der Waals surface area (Å²) in [7, 11) is 1.93. The maximum Gasteiger partial charge on any atom is 0.252 e. The molecule has 1 N–H and O–H groups in total. The van der Waals surface area contributed by atoms with E-state index in [1.54, 1.807) is 24.7 Å². The molecule has 0 radical (unpaired) electrons. The number of carbonyl (C=O) groups excluding carboxylic acids is 1. The van der Waals surface area contributed by atoms with Crippen LogP contribution in [0.4, 0.5) is 0 Å². The molecule has 0 saturated carbocycles. The number of hydrogen-bond acceptors (Lipinski definition) is 4. The van der Waals surface area contributed by atoms with Crippen LogP contribution in [0.15, 0.2) is 35.3 Å². The Kier molecular flexibility index (Phi) is 4.54. The van der Waals surface area contributed by atoms with E-state index in [4.69, 9.17) is 4.74 Å². The quantitative estimate of drug-likeness (QED) is 0.906. The van der Waals surface area contributed by atoms with E-state index in [0.717, 1.165) is 18.7 Å². The molecule has 2 aromatic heterocycles. The minimum Gasteiger partial charge on any atom is -0.368 e. The summed E-state index contributed by atoms with van der Waals surface area (Å²) in [5.41, 5.74) is 0.569. The van der Waals surface area contributed by atoms with Gasteiger partial charge >= 0.3 is 0 Å². The van der Waals surface area contributed by atoms with E-state index in [-0.39, 0.29) is 18.1 Å². The van der Waals surface area contributed by atoms with Crippen LogP contribution in [-0.2, 0) is 11.8 Å². The molecule has 2 atom stereocenters. The third-order valence-electron chi connectivity index (χ3n) is 3.77. The van der Waals surface area contributed by atoms with E-state index in [9.17, 15) is 4.79 Å². The fourth-order valence-corrected chi connectivity index (χ4v) is 3.07. The van der Waals surface area contributed by atoms with Crippen molar-refractivity contribution in [1.82, 2.24) is 19.9 Å². The summed E-state index contributed by atoms with van der Waals surface area (Å²) in [6, 6.07) is 1.60. The number of carbonyl (C=O) groups is 1. The van der Waals surface area contributed by atoms with Crippen molar-refractivity contribution in [3.05, 3.63) is 46.7 Å². The fourth-order valence-electron chi connectivity index (χ4n) is 2.64. The zero-order valence-electron chi connectivity index (χ0n) is 12.2. The molecule has 116 valence electrons. The molecule has 0 aromatic carbocycles. The molecule has 1 aliphatic rings. The number of imidazole rings is 1.